The molecule has 8 nitrogen and oxygen atoms in total. The number of benzene rings is 2. The molecule has 2 aromatic carbocycles. The quantitative estimate of drug-likeness (QED) is 0.104. The molecule has 2 aliphatic heterocycles. The summed E-state index contributed by atoms with van der Waals surface area (Å²) >= 11 is 1.80. The van der Waals surface area contributed by atoms with Crippen LogP contribution in [0, 0.1) is 0 Å². The van der Waals surface area contributed by atoms with E-state index in [9.17, 15) is 0 Å². The number of hydrogen-bond donors (Lipinski definition) is 5. The fraction of sp³-hybridized carbons (Fsp3) is 0.382. The Bertz CT molecular complexity index is 1470. The fourth-order valence-corrected chi connectivity index (χ4v) is 6.39. The lowest BCUT2D eigenvalue weighted by molar-refractivity contribution is 0.297. The summed E-state index contributed by atoms with van der Waals surface area (Å²) in [6.07, 6.45) is 7.27. The molecule has 0 fully saturated rings. The Balaban J connectivity index is 1.21. The Morgan fingerprint density at radius 3 is 2.60 bits per heavy atom. The van der Waals surface area contributed by atoms with E-state index in [0.717, 1.165) is 103 Å². The number of fused-ring (bicyclic) bond motifs is 2. The zero-order valence-electron chi connectivity index (χ0n) is 26.0. The number of H-pyrrole nitrogens is 1. The molecule has 1 atom stereocenters. The molecule has 0 spiro atoms. The van der Waals surface area contributed by atoms with Crippen molar-refractivity contribution in [3.8, 4) is 11.3 Å². The minimum Gasteiger partial charge on any atom is -0.383 e. The number of allylic oxidation sites excluding steroid dienone is 1. The Morgan fingerprint density at radius 2 is 1.81 bits per heavy atom. The summed E-state index contributed by atoms with van der Waals surface area (Å²) in [7, 11) is 2.13. The largest absolute Gasteiger partial charge is 0.383 e. The highest BCUT2D eigenvalue weighted by Crippen LogP contribution is 2.46. The van der Waals surface area contributed by atoms with Crippen molar-refractivity contribution in [3.63, 3.8) is 0 Å². The first-order valence-electron chi connectivity index (χ1n) is 15.4. The summed E-state index contributed by atoms with van der Waals surface area (Å²) in [5.41, 5.74) is 8.82. The molecule has 0 aliphatic carbocycles. The molecule has 9 heteroatoms. The van der Waals surface area contributed by atoms with E-state index in [2.05, 4.69) is 125 Å². The summed E-state index contributed by atoms with van der Waals surface area (Å²) in [6, 6.07) is 13.2. The van der Waals surface area contributed by atoms with Gasteiger partial charge in [-0.2, -0.15) is 0 Å². The van der Waals surface area contributed by atoms with E-state index in [1.165, 1.54) is 9.79 Å². The monoisotopic (exact) mass is 598 g/mol. The van der Waals surface area contributed by atoms with Gasteiger partial charge >= 0.3 is 0 Å². The van der Waals surface area contributed by atoms with Gasteiger partial charge in [0.05, 0.1) is 48.6 Å². The molecule has 0 amide bonds. The maximum absolute atomic E-state index is 4.62. The smallest absolute Gasteiger partial charge is 0.120 e. The topological polar surface area (TPSA) is 83.3 Å². The first kappa shape index (κ1) is 30.6. The third-order valence-electron chi connectivity index (χ3n) is 7.80. The lowest BCUT2D eigenvalue weighted by Gasteiger charge is -2.30. The molecule has 228 valence electrons. The second-order valence-corrected chi connectivity index (χ2v) is 12.5. The van der Waals surface area contributed by atoms with E-state index in [1.807, 2.05) is 6.20 Å². The van der Waals surface area contributed by atoms with Gasteiger partial charge in [-0.25, -0.2) is 4.98 Å². The van der Waals surface area contributed by atoms with Crippen LogP contribution in [0.2, 0.25) is 0 Å². The Hall–Kier alpha value is -3.82. The van der Waals surface area contributed by atoms with Crippen molar-refractivity contribution in [2.75, 3.05) is 38.5 Å². The Labute approximate surface area is 261 Å². The van der Waals surface area contributed by atoms with Gasteiger partial charge < -0.3 is 31.2 Å². The minimum absolute atomic E-state index is 0.111. The molecule has 0 saturated carbocycles. The number of hydrogen-bond acceptors (Lipinski definition) is 8. The average molecular weight is 599 g/mol. The normalized spacial score (nSPS) is 15.1. The van der Waals surface area contributed by atoms with Crippen LogP contribution in [0.3, 0.4) is 0 Å². The third-order valence-corrected chi connectivity index (χ3v) is 8.93. The second-order valence-electron chi connectivity index (χ2n) is 11.4. The minimum atomic E-state index is 0.111. The van der Waals surface area contributed by atoms with Crippen molar-refractivity contribution in [1.82, 2.24) is 35.7 Å². The van der Waals surface area contributed by atoms with Gasteiger partial charge in [0, 0.05) is 45.1 Å². The molecule has 0 saturated heterocycles. The van der Waals surface area contributed by atoms with Gasteiger partial charge in [0.1, 0.15) is 12.0 Å². The number of nitrogens with one attached hydrogen (secondary N) is 5. The summed E-state index contributed by atoms with van der Waals surface area (Å²) < 4.78 is 0. The van der Waals surface area contributed by atoms with Crippen LogP contribution < -0.4 is 21.3 Å². The van der Waals surface area contributed by atoms with Crippen LogP contribution in [0.25, 0.3) is 17.0 Å². The van der Waals surface area contributed by atoms with Gasteiger partial charge in [0.15, 0.2) is 0 Å². The van der Waals surface area contributed by atoms with E-state index >= 15 is 0 Å². The molecule has 3 heterocycles. The zero-order chi connectivity index (χ0) is 30.3. The van der Waals surface area contributed by atoms with E-state index in [-0.39, 0.29) is 6.17 Å². The highest BCUT2D eigenvalue weighted by molar-refractivity contribution is 7.99. The Morgan fingerprint density at radius 1 is 1.00 bits per heavy atom. The van der Waals surface area contributed by atoms with Crippen LogP contribution in [-0.4, -0.2) is 59.2 Å². The van der Waals surface area contributed by atoms with Gasteiger partial charge in [-0.3, -0.25) is 4.90 Å². The molecule has 1 aromatic heterocycles. The van der Waals surface area contributed by atoms with Crippen LogP contribution in [0.5, 0.6) is 0 Å². The molecule has 0 bridgehead atoms. The highest BCUT2D eigenvalue weighted by Gasteiger charge is 2.22. The maximum Gasteiger partial charge on any atom is 0.120 e. The third kappa shape index (κ3) is 7.58. The van der Waals surface area contributed by atoms with Crippen molar-refractivity contribution in [2.24, 2.45) is 0 Å². The van der Waals surface area contributed by atoms with Crippen molar-refractivity contribution >= 4 is 28.8 Å². The van der Waals surface area contributed by atoms with Crippen LogP contribution >= 0.6 is 11.8 Å². The average Bonchev–Trinajstić information content (AvgIpc) is 3.68. The molecule has 5 rings (SSSR count). The van der Waals surface area contributed by atoms with Crippen LogP contribution in [-0.2, 0) is 6.54 Å². The number of nitrogens with zero attached hydrogens (tertiary/aromatic N) is 3. The first-order chi connectivity index (χ1) is 20.9. The van der Waals surface area contributed by atoms with E-state index in [1.54, 1.807) is 11.8 Å². The van der Waals surface area contributed by atoms with Gasteiger partial charge in [-0.05, 0) is 57.1 Å². The molecule has 2 aliphatic rings. The van der Waals surface area contributed by atoms with Gasteiger partial charge in [-0.1, -0.05) is 57.8 Å². The van der Waals surface area contributed by atoms with Crippen molar-refractivity contribution in [1.29, 1.82) is 0 Å². The summed E-state index contributed by atoms with van der Waals surface area (Å²) in [5, 5.41) is 14.3. The predicted octanol–water partition coefficient (Wildman–Crippen LogP) is 6.68. The molecule has 43 heavy (non-hydrogen) atoms. The summed E-state index contributed by atoms with van der Waals surface area (Å²) in [4.78, 5) is 15.2. The van der Waals surface area contributed by atoms with Gasteiger partial charge in [0.25, 0.3) is 0 Å². The summed E-state index contributed by atoms with van der Waals surface area (Å²) in [6.45, 7) is 19.3. The molecule has 0 radical (unpaired) electrons. The lowest BCUT2D eigenvalue weighted by atomic mass is 10.1. The summed E-state index contributed by atoms with van der Waals surface area (Å²) in [5.74, 6) is 0.997. The highest BCUT2D eigenvalue weighted by atomic mass is 32.2. The number of rotatable bonds is 15. The van der Waals surface area contributed by atoms with Crippen LogP contribution in [0.1, 0.15) is 51.4 Å². The van der Waals surface area contributed by atoms with Gasteiger partial charge in [0.2, 0.25) is 0 Å². The zero-order valence-corrected chi connectivity index (χ0v) is 26.8. The molecule has 3 aromatic rings. The Kier molecular flexibility index (Phi) is 10.0. The van der Waals surface area contributed by atoms with Crippen molar-refractivity contribution in [3.05, 3.63) is 84.7 Å². The van der Waals surface area contributed by atoms with E-state index in [4.69, 9.17) is 0 Å². The standard InChI is InChI=1S/C34H46N8S/c1-7-14-41(6)21-33-36-20-30(39-33)26-10-12-27-32(17-26)43-31-13-11-25(16-28(31)38-27)29-19-37-34(40-29)22-42(15-8-2)24(5)18-35-23(4)9-3/h10-13,16-17,19-20,34-35,37-38,40H,4-5,7-9,14-15,18,21-22H2,1-3,6H3,(H,36,39). The predicted molar refractivity (Wildman–Crippen MR) is 181 cm³/mol. The number of imidazole rings is 1. The maximum atomic E-state index is 4.62. The molecular weight excluding hydrogens is 552 g/mol. The van der Waals surface area contributed by atoms with Crippen molar-refractivity contribution in [2.45, 2.75) is 62.5 Å². The SMILES string of the molecule is C=C(CC)NCC(=C)N(CCC)CC1NC=C(c2ccc3c(c2)Nc2ccc(-c4cnc(CN(C)CCC)[nH]4)cc2S3)N1. The number of aromatic nitrogens is 2. The molecular formula is C34H46N8S. The first-order valence-corrected chi connectivity index (χ1v) is 16.2. The van der Waals surface area contributed by atoms with Gasteiger partial charge in [-0.15, -0.1) is 0 Å². The van der Waals surface area contributed by atoms with E-state index < -0.39 is 0 Å². The second kappa shape index (κ2) is 14.1. The molecule has 5 N–H and O–H groups in total. The lowest BCUT2D eigenvalue weighted by Crippen LogP contribution is -2.44. The van der Waals surface area contributed by atoms with Crippen LogP contribution in [0.4, 0.5) is 11.4 Å². The van der Waals surface area contributed by atoms with E-state index in [0.29, 0.717) is 0 Å². The van der Waals surface area contributed by atoms with Crippen molar-refractivity contribution < 1.29 is 0 Å². The fourth-order valence-electron chi connectivity index (χ4n) is 5.38. The number of aromatic amines is 1. The van der Waals surface area contributed by atoms with Crippen LogP contribution in [0.15, 0.2) is 83.1 Å². The molecule has 1 unspecified atom stereocenters. The number of anilines is 2.